The van der Waals surface area contributed by atoms with Gasteiger partial charge in [-0.3, -0.25) is 9.59 Å². The Morgan fingerprint density at radius 3 is 2.57 bits per heavy atom. The maximum atomic E-state index is 12.9. The molecule has 2 aromatic rings. The van der Waals surface area contributed by atoms with Gasteiger partial charge in [-0.15, -0.1) is 0 Å². The molecule has 1 aliphatic heterocycles. The van der Waals surface area contributed by atoms with E-state index >= 15 is 0 Å². The number of benzene rings is 2. The molecule has 4 nitrogen and oxygen atoms in total. The fourth-order valence-corrected chi connectivity index (χ4v) is 2.97. The molecular weight excluding hydrogens is 312 g/mol. The smallest absolute Gasteiger partial charge is 0.256 e. The number of nitrogens with one attached hydrogen (secondary N) is 1. The lowest BCUT2D eigenvalue weighted by Gasteiger charge is -2.35. The van der Waals surface area contributed by atoms with Gasteiger partial charge in [-0.05, 0) is 24.6 Å². The van der Waals surface area contributed by atoms with Crippen LogP contribution in [-0.4, -0.2) is 29.8 Å². The quantitative estimate of drug-likeness (QED) is 0.921. The van der Waals surface area contributed by atoms with Crippen LogP contribution in [0.15, 0.2) is 48.5 Å². The first-order valence-corrected chi connectivity index (χ1v) is 7.85. The SMILES string of the molecule is Cc1ccc(C2C(=O)NCCN2C(=O)c2ccccc2Cl)cc1. The van der Waals surface area contributed by atoms with Crippen molar-refractivity contribution in [2.75, 3.05) is 13.1 Å². The lowest BCUT2D eigenvalue weighted by atomic mass is 10.00. The number of amides is 2. The van der Waals surface area contributed by atoms with Crippen molar-refractivity contribution in [3.8, 4) is 0 Å². The molecule has 0 spiro atoms. The van der Waals surface area contributed by atoms with Crippen molar-refractivity contribution in [3.05, 3.63) is 70.2 Å². The number of hydrogen-bond donors (Lipinski definition) is 1. The van der Waals surface area contributed by atoms with Gasteiger partial charge in [0.05, 0.1) is 10.6 Å². The zero-order chi connectivity index (χ0) is 16.4. The third-order valence-corrected chi connectivity index (χ3v) is 4.30. The Balaban J connectivity index is 1.98. The summed E-state index contributed by atoms with van der Waals surface area (Å²) in [6.45, 7) is 2.88. The summed E-state index contributed by atoms with van der Waals surface area (Å²) in [5.74, 6) is -0.392. The Kier molecular flexibility index (Phi) is 4.35. The van der Waals surface area contributed by atoms with Gasteiger partial charge in [0.25, 0.3) is 5.91 Å². The predicted molar refractivity (Wildman–Crippen MR) is 89.4 cm³/mol. The molecule has 0 saturated carbocycles. The van der Waals surface area contributed by atoms with E-state index in [0.717, 1.165) is 11.1 Å². The standard InChI is InChI=1S/C18H17ClN2O2/c1-12-6-8-13(9-7-12)16-17(22)20-10-11-21(16)18(23)14-4-2-3-5-15(14)19/h2-9,16H,10-11H2,1H3,(H,20,22). The van der Waals surface area contributed by atoms with Crippen molar-refractivity contribution in [1.82, 2.24) is 10.2 Å². The molecular formula is C18H17ClN2O2. The van der Waals surface area contributed by atoms with E-state index in [1.54, 1.807) is 29.2 Å². The van der Waals surface area contributed by atoms with Crippen LogP contribution < -0.4 is 5.32 Å². The van der Waals surface area contributed by atoms with E-state index < -0.39 is 6.04 Å². The van der Waals surface area contributed by atoms with Crippen LogP contribution >= 0.6 is 11.6 Å². The maximum absolute atomic E-state index is 12.9. The fourth-order valence-electron chi connectivity index (χ4n) is 2.76. The number of carbonyl (C=O) groups excluding carboxylic acids is 2. The lowest BCUT2D eigenvalue weighted by Crippen LogP contribution is -2.52. The summed E-state index contributed by atoms with van der Waals surface area (Å²) in [7, 11) is 0. The molecule has 1 N–H and O–H groups in total. The summed E-state index contributed by atoms with van der Waals surface area (Å²) >= 11 is 6.14. The molecule has 0 radical (unpaired) electrons. The minimum atomic E-state index is -0.631. The third-order valence-electron chi connectivity index (χ3n) is 3.97. The highest BCUT2D eigenvalue weighted by molar-refractivity contribution is 6.33. The average Bonchev–Trinajstić information content (AvgIpc) is 2.55. The lowest BCUT2D eigenvalue weighted by molar-refractivity contribution is -0.128. The molecule has 1 atom stereocenters. The molecule has 2 amide bonds. The largest absolute Gasteiger partial charge is 0.352 e. The molecule has 0 aromatic heterocycles. The van der Waals surface area contributed by atoms with Gasteiger partial charge in [-0.1, -0.05) is 53.6 Å². The van der Waals surface area contributed by atoms with Crippen LogP contribution in [-0.2, 0) is 4.79 Å². The Hall–Kier alpha value is -2.33. The van der Waals surface area contributed by atoms with Crippen LogP contribution in [0.5, 0.6) is 0 Å². The van der Waals surface area contributed by atoms with Crippen LogP contribution in [0.3, 0.4) is 0 Å². The zero-order valence-electron chi connectivity index (χ0n) is 12.8. The van der Waals surface area contributed by atoms with Gasteiger partial charge < -0.3 is 10.2 Å². The fraction of sp³-hybridized carbons (Fsp3) is 0.222. The minimum Gasteiger partial charge on any atom is -0.352 e. The van der Waals surface area contributed by atoms with E-state index in [4.69, 9.17) is 11.6 Å². The van der Waals surface area contributed by atoms with Gasteiger partial charge in [0.2, 0.25) is 5.91 Å². The monoisotopic (exact) mass is 328 g/mol. The molecule has 1 unspecified atom stereocenters. The second-order valence-corrected chi connectivity index (χ2v) is 5.99. The number of rotatable bonds is 2. The van der Waals surface area contributed by atoms with Crippen LogP contribution in [0.4, 0.5) is 0 Å². The highest BCUT2D eigenvalue weighted by atomic mass is 35.5. The first-order valence-electron chi connectivity index (χ1n) is 7.47. The van der Waals surface area contributed by atoms with E-state index in [9.17, 15) is 9.59 Å². The molecule has 5 heteroatoms. The van der Waals surface area contributed by atoms with Gasteiger partial charge in [0.15, 0.2) is 0 Å². The summed E-state index contributed by atoms with van der Waals surface area (Å²) in [6, 6.07) is 13.9. The predicted octanol–water partition coefficient (Wildman–Crippen LogP) is 2.96. The molecule has 2 aromatic carbocycles. The molecule has 0 aliphatic carbocycles. The first-order chi connectivity index (χ1) is 11.1. The van der Waals surface area contributed by atoms with Crippen molar-refractivity contribution < 1.29 is 9.59 Å². The summed E-state index contributed by atoms with van der Waals surface area (Å²) in [5.41, 5.74) is 2.32. The van der Waals surface area contributed by atoms with Crippen LogP contribution in [0.2, 0.25) is 5.02 Å². The van der Waals surface area contributed by atoms with E-state index in [0.29, 0.717) is 23.7 Å². The van der Waals surface area contributed by atoms with E-state index in [-0.39, 0.29) is 11.8 Å². The maximum Gasteiger partial charge on any atom is 0.256 e. The van der Waals surface area contributed by atoms with Crippen molar-refractivity contribution >= 4 is 23.4 Å². The number of nitrogens with zero attached hydrogens (tertiary/aromatic N) is 1. The number of halogens is 1. The van der Waals surface area contributed by atoms with Crippen molar-refractivity contribution in [3.63, 3.8) is 0 Å². The van der Waals surface area contributed by atoms with Crippen molar-refractivity contribution in [2.45, 2.75) is 13.0 Å². The molecule has 1 saturated heterocycles. The Morgan fingerprint density at radius 1 is 1.17 bits per heavy atom. The molecule has 3 rings (SSSR count). The normalized spacial score (nSPS) is 17.7. The molecule has 23 heavy (non-hydrogen) atoms. The van der Waals surface area contributed by atoms with Gasteiger partial charge in [-0.2, -0.15) is 0 Å². The Labute approximate surface area is 140 Å². The molecule has 118 valence electrons. The second-order valence-electron chi connectivity index (χ2n) is 5.58. The summed E-state index contributed by atoms with van der Waals surface area (Å²) in [4.78, 5) is 26.8. The zero-order valence-corrected chi connectivity index (χ0v) is 13.5. The molecule has 0 bridgehead atoms. The second kappa shape index (κ2) is 6.42. The number of piperazine rings is 1. The van der Waals surface area contributed by atoms with Crippen LogP contribution in [0.25, 0.3) is 0 Å². The molecule has 1 aliphatic rings. The summed E-state index contributed by atoms with van der Waals surface area (Å²) in [5, 5.41) is 3.22. The average molecular weight is 329 g/mol. The highest BCUT2D eigenvalue weighted by Gasteiger charge is 2.35. The summed E-state index contributed by atoms with van der Waals surface area (Å²) in [6.07, 6.45) is 0. The Bertz CT molecular complexity index is 743. The Morgan fingerprint density at radius 2 is 1.87 bits per heavy atom. The van der Waals surface area contributed by atoms with E-state index in [2.05, 4.69) is 5.32 Å². The van der Waals surface area contributed by atoms with Crippen molar-refractivity contribution in [2.24, 2.45) is 0 Å². The first kappa shape index (κ1) is 15.6. The highest BCUT2D eigenvalue weighted by Crippen LogP contribution is 2.27. The van der Waals surface area contributed by atoms with Gasteiger partial charge in [-0.25, -0.2) is 0 Å². The molecule has 1 heterocycles. The van der Waals surface area contributed by atoms with Crippen LogP contribution in [0, 0.1) is 6.92 Å². The van der Waals surface area contributed by atoms with Crippen LogP contribution in [0.1, 0.15) is 27.5 Å². The van der Waals surface area contributed by atoms with E-state index in [1.807, 2.05) is 31.2 Å². The van der Waals surface area contributed by atoms with Gasteiger partial charge in [0.1, 0.15) is 6.04 Å². The van der Waals surface area contributed by atoms with E-state index in [1.165, 1.54) is 0 Å². The van der Waals surface area contributed by atoms with Gasteiger partial charge >= 0.3 is 0 Å². The number of carbonyl (C=O) groups is 2. The topological polar surface area (TPSA) is 49.4 Å². The third kappa shape index (κ3) is 3.08. The van der Waals surface area contributed by atoms with Crippen molar-refractivity contribution in [1.29, 1.82) is 0 Å². The number of aryl methyl sites for hydroxylation is 1. The summed E-state index contributed by atoms with van der Waals surface area (Å²) < 4.78 is 0. The minimum absolute atomic E-state index is 0.166. The molecule has 1 fully saturated rings. The number of hydrogen-bond acceptors (Lipinski definition) is 2. The van der Waals surface area contributed by atoms with Gasteiger partial charge in [0, 0.05) is 13.1 Å².